The molecule has 2 aromatic heterocycles. The van der Waals surface area contributed by atoms with Crippen LogP contribution in [0.2, 0.25) is 0 Å². The second kappa shape index (κ2) is 8.36. The van der Waals surface area contributed by atoms with Gasteiger partial charge in [-0.1, -0.05) is 36.0 Å². The second-order valence-corrected chi connectivity index (χ2v) is 9.30. The van der Waals surface area contributed by atoms with E-state index in [-0.39, 0.29) is 23.6 Å². The summed E-state index contributed by atoms with van der Waals surface area (Å²) in [5.74, 6) is -0.775. The third-order valence-electron chi connectivity index (χ3n) is 5.05. The maximum Gasteiger partial charge on any atom is 0.238 e. The van der Waals surface area contributed by atoms with Crippen LogP contribution in [0, 0.1) is 11.6 Å². The van der Waals surface area contributed by atoms with Crippen molar-refractivity contribution in [2.75, 3.05) is 0 Å². The van der Waals surface area contributed by atoms with Crippen LogP contribution >= 0.6 is 23.1 Å². The van der Waals surface area contributed by atoms with Gasteiger partial charge >= 0.3 is 0 Å². The third-order valence-corrected chi connectivity index (χ3v) is 7.20. The Balaban J connectivity index is 1.56. The predicted octanol–water partition coefficient (Wildman–Crippen LogP) is 5.75. The fourth-order valence-corrected chi connectivity index (χ4v) is 5.41. The number of carbonyl (C=O) groups excluding carboxylic acids is 1. The van der Waals surface area contributed by atoms with E-state index < -0.39 is 5.25 Å². The van der Waals surface area contributed by atoms with Gasteiger partial charge < -0.3 is 5.32 Å². The van der Waals surface area contributed by atoms with Gasteiger partial charge in [-0.15, -0.1) is 11.3 Å². The quantitative estimate of drug-likeness (QED) is 0.298. The summed E-state index contributed by atoms with van der Waals surface area (Å²) in [4.78, 5) is 22.7. The Morgan fingerprint density at radius 3 is 2.39 bits per heavy atom. The van der Waals surface area contributed by atoms with Crippen molar-refractivity contribution in [2.24, 2.45) is 0 Å². The SMILES string of the molecule is O=C(NC1CC1)C(Sc1ncnc2scc(-c3ccc(F)cc3)c12)c1ccc(F)cc1. The number of thioether (sulfide) groups is 1. The van der Waals surface area contributed by atoms with E-state index in [1.54, 1.807) is 24.3 Å². The van der Waals surface area contributed by atoms with Crippen molar-refractivity contribution < 1.29 is 13.6 Å². The highest BCUT2D eigenvalue weighted by Gasteiger charge is 2.30. The minimum atomic E-state index is -0.583. The molecule has 0 saturated heterocycles. The lowest BCUT2D eigenvalue weighted by Gasteiger charge is -2.17. The first-order valence-electron chi connectivity index (χ1n) is 9.79. The number of nitrogens with zero attached hydrogens (tertiary/aromatic N) is 2. The van der Waals surface area contributed by atoms with Crippen LogP contribution in [0.1, 0.15) is 23.7 Å². The van der Waals surface area contributed by atoms with Gasteiger partial charge in [-0.2, -0.15) is 0 Å². The number of rotatable bonds is 6. The molecule has 0 radical (unpaired) electrons. The fourth-order valence-electron chi connectivity index (χ4n) is 3.31. The van der Waals surface area contributed by atoms with Crippen LogP contribution in [0.25, 0.3) is 21.3 Å². The zero-order valence-corrected chi connectivity index (χ0v) is 17.9. The molecule has 0 bridgehead atoms. The molecular formula is C23H17F2N3OS2. The number of fused-ring (bicyclic) bond motifs is 1. The molecule has 1 aliphatic carbocycles. The van der Waals surface area contributed by atoms with E-state index in [2.05, 4.69) is 15.3 Å². The summed E-state index contributed by atoms with van der Waals surface area (Å²) in [5.41, 5.74) is 2.45. The van der Waals surface area contributed by atoms with Gasteiger partial charge in [0, 0.05) is 17.0 Å². The molecule has 0 spiro atoms. The summed E-state index contributed by atoms with van der Waals surface area (Å²) in [5, 5.41) is 5.92. The summed E-state index contributed by atoms with van der Waals surface area (Å²) in [6, 6.07) is 12.5. The first-order valence-corrected chi connectivity index (χ1v) is 11.5. The average molecular weight is 454 g/mol. The number of aromatic nitrogens is 2. The van der Waals surface area contributed by atoms with E-state index in [0.717, 1.165) is 34.2 Å². The Labute approximate surface area is 185 Å². The molecule has 2 aromatic carbocycles. The largest absolute Gasteiger partial charge is 0.352 e. The standard InChI is InChI=1S/C23H17F2N3OS2/c24-15-5-1-13(2-6-15)18-11-30-22-19(18)23(27-12-26-22)31-20(21(29)28-17-9-10-17)14-3-7-16(25)8-4-14/h1-8,11-12,17,20H,9-10H2,(H,28,29). The number of thiophene rings is 1. The van der Waals surface area contributed by atoms with Gasteiger partial charge in [0.2, 0.25) is 5.91 Å². The van der Waals surface area contributed by atoms with E-state index in [4.69, 9.17) is 0 Å². The maximum absolute atomic E-state index is 13.5. The number of carbonyl (C=O) groups is 1. The van der Waals surface area contributed by atoms with E-state index in [1.807, 2.05) is 5.38 Å². The lowest BCUT2D eigenvalue weighted by atomic mass is 10.1. The predicted molar refractivity (Wildman–Crippen MR) is 119 cm³/mol. The van der Waals surface area contributed by atoms with Crippen molar-refractivity contribution in [3.63, 3.8) is 0 Å². The molecule has 31 heavy (non-hydrogen) atoms. The monoisotopic (exact) mass is 453 g/mol. The molecule has 8 heteroatoms. The van der Waals surface area contributed by atoms with Gasteiger partial charge in [0.1, 0.15) is 33.1 Å². The zero-order valence-electron chi connectivity index (χ0n) is 16.2. The minimum absolute atomic E-state index is 0.121. The Hall–Kier alpha value is -2.84. The fraction of sp³-hybridized carbons (Fsp3) is 0.174. The minimum Gasteiger partial charge on any atom is -0.352 e. The Morgan fingerprint density at radius 2 is 1.71 bits per heavy atom. The van der Waals surface area contributed by atoms with Crippen LogP contribution in [0.4, 0.5) is 8.78 Å². The number of nitrogens with one attached hydrogen (secondary N) is 1. The van der Waals surface area contributed by atoms with E-state index >= 15 is 0 Å². The van der Waals surface area contributed by atoms with Gasteiger partial charge in [0.15, 0.2) is 0 Å². The number of benzene rings is 2. The van der Waals surface area contributed by atoms with Crippen LogP contribution in [0.15, 0.2) is 65.3 Å². The third kappa shape index (κ3) is 4.31. The van der Waals surface area contributed by atoms with Crippen LogP contribution in [0.5, 0.6) is 0 Å². The summed E-state index contributed by atoms with van der Waals surface area (Å²) in [6.07, 6.45) is 3.43. The molecule has 1 unspecified atom stereocenters. The number of hydrogen-bond acceptors (Lipinski definition) is 5. The van der Waals surface area contributed by atoms with E-state index in [1.165, 1.54) is 53.7 Å². The molecular weight excluding hydrogens is 436 g/mol. The molecule has 1 N–H and O–H groups in total. The van der Waals surface area contributed by atoms with Crippen LogP contribution in [-0.2, 0) is 4.79 Å². The van der Waals surface area contributed by atoms with Gasteiger partial charge in [-0.25, -0.2) is 18.7 Å². The van der Waals surface area contributed by atoms with Crippen LogP contribution in [0.3, 0.4) is 0 Å². The molecule has 2 heterocycles. The molecule has 5 rings (SSSR count). The van der Waals surface area contributed by atoms with Crippen LogP contribution < -0.4 is 5.32 Å². The summed E-state index contributed by atoms with van der Waals surface area (Å²) >= 11 is 2.79. The number of amides is 1. The molecule has 156 valence electrons. The first kappa shape index (κ1) is 20.1. The molecule has 1 amide bonds. The Kier molecular flexibility index (Phi) is 5.41. The lowest BCUT2D eigenvalue weighted by Crippen LogP contribution is -2.29. The van der Waals surface area contributed by atoms with E-state index in [9.17, 15) is 13.6 Å². The highest BCUT2D eigenvalue weighted by Crippen LogP contribution is 2.43. The summed E-state index contributed by atoms with van der Waals surface area (Å²) < 4.78 is 26.9. The van der Waals surface area contributed by atoms with Gasteiger partial charge in [0.25, 0.3) is 0 Å². The molecule has 4 aromatic rings. The number of hydrogen-bond donors (Lipinski definition) is 1. The first-order chi connectivity index (χ1) is 15.1. The maximum atomic E-state index is 13.5. The highest BCUT2D eigenvalue weighted by atomic mass is 32.2. The average Bonchev–Trinajstić information content (AvgIpc) is 3.48. The van der Waals surface area contributed by atoms with Crippen molar-refractivity contribution in [1.82, 2.24) is 15.3 Å². The topological polar surface area (TPSA) is 54.9 Å². The van der Waals surface area contributed by atoms with Crippen molar-refractivity contribution in [3.05, 3.63) is 77.4 Å². The smallest absolute Gasteiger partial charge is 0.238 e. The van der Waals surface area contributed by atoms with Gasteiger partial charge in [0.05, 0.1) is 5.39 Å². The molecule has 1 atom stereocenters. The Bertz CT molecular complexity index is 1240. The molecule has 0 aliphatic heterocycles. The zero-order chi connectivity index (χ0) is 21.4. The molecule has 4 nitrogen and oxygen atoms in total. The summed E-state index contributed by atoms with van der Waals surface area (Å²) in [7, 11) is 0. The van der Waals surface area contributed by atoms with Crippen molar-refractivity contribution in [2.45, 2.75) is 29.2 Å². The van der Waals surface area contributed by atoms with Gasteiger partial charge in [-0.3, -0.25) is 4.79 Å². The van der Waals surface area contributed by atoms with Gasteiger partial charge in [-0.05, 0) is 48.2 Å². The normalized spacial score (nSPS) is 14.5. The lowest BCUT2D eigenvalue weighted by molar-refractivity contribution is -0.120. The summed E-state index contributed by atoms with van der Waals surface area (Å²) in [6.45, 7) is 0. The van der Waals surface area contributed by atoms with Crippen LogP contribution in [-0.4, -0.2) is 21.9 Å². The highest BCUT2D eigenvalue weighted by molar-refractivity contribution is 8.00. The molecule has 1 aliphatic rings. The second-order valence-electron chi connectivity index (χ2n) is 7.35. The van der Waals surface area contributed by atoms with Crippen molar-refractivity contribution >= 4 is 39.2 Å². The Morgan fingerprint density at radius 1 is 1.03 bits per heavy atom. The van der Waals surface area contributed by atoms with Crippen molar-refractivity contribution in [1.29, 1.82) is 0 Å². The molecule has 1 saturated carbocycles. The van der Waals surface area contributed by atoms with E-state index in [0.29, 0.717) is 10.6 Å². The van der Waals surface area contributed by atoms with Crippen molar-refractivity contribution in [3.8, 4) is 11.1 Å². The number of halogens is 2. The molecule has 1 fully saturated rings.